The summed E-state index contributed by atoms with van der Waals surface area (Å²) in [6.45, 7) is 0.634. The van der Waals surface area contributed by atoms with Gasteiger partial charge in [-0.3, -0.25) is 9.36 Å². The lowest BCUT2D eigenvalue weighted by Gasteiger charge is -2.19. The molecule has 0 atom stereocenters. The molecule has 3 aromatic rings. The third-order valence-corrected chi connectivity index (χ3v) is 5.21. The fourth-order valence-electron chi connectivity index (χ4n) is 3.14. The van der Waals surface area contributed by atoms with Crippen molar-refractivity contribution in [3.8, 4) is 5.88 Å². The monoisotopic (exact) mass is 336 g/mol. The Labute approximate surface area is 143 Å². The predicted molar refractivity (Wildman–Crippen MR) is 94.7 cm³/mol. The van der Waals surface area contributed by atoms with Crippen LogP contribution in [0, 0.1) is 0 Å². The summed E-state index contributed by atoms with van der Waals surface area (Å²) in [5, 5.41) is 11.1. The second kappa shape index (κ2) is 6.17. The van der Waals surface area contributed by atoms with Crippen molar-refractivity contribution in [2.24, 2.45) is 0 Å². The number of hydrogen-bond acceptors (Lipinski definition) is 4. The standard InChI is InChI=1S/C19H16N2O2S/c22-17-16(18(23)21-11-12-24-19(21)20-17)15(13-7-3-1-4-8-13)14-9-5-2-6-10-14/h1-10,15,22H,11-12H2. The molecule has 0 saturated heterocycles. The summed E-state index contributed by atoms with van der Waals surface area (Å²) in [7, 11) is 0. The zero-order valence-electron chi connectivity index (χ0n) is 12.9. The van der Waals surface area contributed by atoms with Gasteiger partial charge in [-0.25, -0.2) is 0 Å². The first-order valence-corrected chi connectivity index (χ1v) is 8.80. The number of aromatic nitrogens is 2. The van der Waals surface area contributed by atoms with Crippen LogP contribution in [0.25, 0.3) is 0 Å². The van der Waals surface area contributed by atoms with Gasteiger partial charge in [-0.2, -0.15) is 4.98 Å². The second-order valence-corrected chi connectivity index (χ2v) is 6.75. The summed E-state index contributed by atoms with van der Waals surface area (Å²) in [4.78, 5) is 17.3. The summed E-state index contributed by atoms with van der Waals surface area (Å²) in [6, 6.07) is 19.5. The predicted octanol–water partition coefficient (Wildman–Crippen LogP) is 3.23. The number of thioether (sulfide) groups is 1. The van der Waals surface area contributed by atoms with Crippen LogP contribution in [-0.2, 0) is 6.54 Å². The van der Waals surface area contributed by atoms with Gasteiger partial charge in [0.15, 0.2) is 5.16 Å². The molecule has 0 bridgehead atoms. The lowest BCUT2D eigenvalue weighted by atomic mass is 9.86. The Hall–Kier alpha value is -2.53. The minimum atomic E-state index is -0.337. The van der Waals surface area contributed by atoms with Gasteiger partial charge in [0.1, 0.15) is 0 Å². The van der Waals surface area contributed by atoms with Crippen LogP contribution in [0.2, 0.25) is 0 Å². The first kappa shape index (κ1) is 15.0. The van der Waals surface area contributed by atoms with E-state index in [4.69, 9.17) is 0 Å². The quantitative estimate of drug-likeness (QED) is 0.746. The van der Waals surface area contributed by atoms with E-state index in [-0.39, 0.29) is 17.4 Å². The summed E-state index contributed by atoms with van der Waals surface area (Å²) in [6.07, 6.45) is 0. The van der Waals surface area contributed by atoms with Crippen LogP contribution in [0.4, 0.5) is 0 Å². The van der Waals surface area contributed by atoms with Crippen molar-refractivity contribution in [1.29, 1.82) is 0 Å². The van der Waals surface area contributed by atoms with Crippen LogP contribution in [0.5, 0.6) is 5.88 Å². The number of fused-ring (bicyclic) bond motifs is 1. The normalized spacial score (nSPS) is 13.2. The Morgan fingerprint density at radius 1 is 1.00 bits per heavy atom. The molecule has 0 unspecified atom stereocenters. The molecular formula is C19H16N2O2S. The van der Waals surface area contributed by atoms with Crippen LogP contribution < -0.4 is 5.56 Å². The molecule has 0 fully saturated rings. The van der Waals surface area contributed by atoms with E-state index in [0.29, 0.717) is 17.3 Å². The lowest BCUT2D eigenvalue weighted by Crippen LogP contribution is -2.27. The van der Waals surface area contributed by atoms with Gasteiger partial charge in [-0.05, 0) is 11.1 Å². The number of hydrogen-bond donors (Lipinski definition) is 1. The van der Waals surface area contributed by atoms with Crippen molar-refractivity contribution in [1.82, 2.24) is 9.55 Å². The van der Waals surface area contributed by atoms with E-state index in [1.807, 2.05) is 60.7 Å². The Morgan fingerprint density at radius 2 is 1.58 bits per heavy atom. The van der Waals surface area contributed by atoms with Gasteiger partial charge in [0, 0.05) is 18.2 Å². The number of nitrogens with zero attached hydrogens (tertiary/aromatic N) is 2. The first-order valence-electron chi connectivity index (χ1n) is 7.82. The van der Waals surface area contributed by atoms with Crippen LogP contribution in [-0.4, -0.2) is 20.4 Å². The van der Waals surface area contributed by atoms with Crippen molar-refractivity contribution in [2.75, 3.05) is 5.75 Å². The second-order valence-electron chi connectivity index (χ2n) is 5.69. The molecule has 0 spiro atoms. The molecule has 4 rings (SSSR count). The van der Waals surface area contributed by atoms with Gasteiger partial charge < -0.3 is 5.11 Å². The van der Waals surface area contributed by atoms with Crippen molar-refractivity contribution in [2.45, 2.75) is 17.6 Å². The highest BCUT2D eigenvalue weighted by molar-refractivity contribution is 7.99. The molecule has 1 aliphatic heterocycles. The highest BCUT2D eigenvalue weighted by atomic mass is 32.2. The molecule has 2 aromatic carbocycles. The Balaban J connectivity index is 1.98. The molecule has 120 valence electrons. The summed E-state index contributed by atoms with van der Waals surface area (Å²) in [5.74, 6) is 0.307. The molecule has 2 heterocycles. The Bertz CT molecular complexity index is 884. The number of benzene rings is 2. The minimum absolute atomic E-state index is 0.153. The maximum Gasteiger partial charge on any atom is 0.262 e. The highest BCUT2D eigenvalue weighted by Crippen LogP contribution is 2.35. The fraction of sp³-hybridized carbons (Fsp3) is 0.158. The van der Waals surface area contributed by atoms with Crippen LogP contribution in [0.3, 0.4) is 0 Å². The molecule has 4 nitrogen and oxygen atoms in total. The average molecular weight is 336 g/mol. The van der Waals surface area contributed by atoms with Gasteiger partial charge in [0.05, 0.1) is 5.56 Å². The van der Waals surface area contributed by atoms with E-state index in [9.17, 15) is 9.90 Å². The molecule has 5 heteroatoms. The number of rotatable bonds is 3. The summed E-state index contributed by atoms with van der Waals surface area (Å²) in [5.41, 5.74) is 2.12. The van der Waals surface area contributed by atoms with E-state index in [0.717, 1.165) is 16.9 Å². The lowest BCUT2D eigenvalue weighted by molar-refractivity contribution is 0.426. The van der Waals surface area contributed by atoms with E-state index in [2.05, 4.69) is 4.98 Å². The van der Waals surface area contributed by atoms with Gasteiger partial charge in [-0.15, -0.1) is 0 Å². The van der Waals surface area contributed by atoms with Gasteiger partial charge in [-0.1, -0.05) is 72.4 Å². The molecule has 0 amide bonds. The van der Waals surface area contributed by atoms with Crippen LogP contribution >= 0.6 is 11.8 Å². The van der Waals surface area contributed by atoms with Gasteiger partial charge in [0.2, 0.25) is 5.88 Å². The maximum atomic E-state index is 13.0. The Morgan fingerprint density at radius 3 is 2.17 bits per heavy atom. The molecule has 1 N–H and O–H groups in total. The zero-order chi connectivity index (χ0) is 16.5. The molecule has 1 aromatic heterocycles. The van der Waals surface area contributed by atoms with Crippen molar-refractivity contribution in [3.05, 3.63) is 87.7 Å². The summed E-state index contributed by atoms with van der Waals surface area (Å²) >= 11 is 1.50. The molecule has 0 radical (unpaired) electrons. The van der Waals surface area contributed by atoms with E-state index in [1.165, 1.54) is 11.8 Å². The van der Waals surface area contributed by atoms with E-state index >= 15 is 0 Å². The molecule has 0 saturated carbocycles. The largest absolute Gasteiger partial charge is 0.493 e. The summed E-state index contributed by atoms with van der Waals surface area (Å²) < 4.78 is 1.67. The molecular weight excluding hydrogens is 320 g/mol. The van der Waals surface area contributed by atoms with Gasteiger partial charge in [0.25, 0.3) is 5.56 Å². The third kappa shape index (κ3) is 2.51. The van der Waals surface area contributed by atoms with Gasteiger partial charge >= 0.3 is 0 Å². The van der Waals surface area contributed by atoms with Crippen molar-refractivity contribution in [3.63, 3.8) is 0 Å². The van der Waals surface area contributed by atoms with Crippen molar-refractivity contribution < 1.29 is 5.11 Å². The fourth-order valence-corrected chi connectivity index (χ4v) is 4.08. The van der Waals surface area contributed by atoms with Crippen molar-refractivity contribution >= 4 is 11.8 Å². The maximum absolute atomic E-state index is 13.0. The number of aromatic hydroxyl groups is 1. The smallest absolute Gasteiger partial charge is 0.262 e. The topological polar surface area (TPSA) is 55.1 Å². The van der Waals surface area contributed by atoms with E-state index in [1.54, 1.807) is 4.57 Å². The average Bonchev–Trinajstić information content (AvgIpc) is 3.08. The van der Waals surface area contributed by atoms with E-state index < -0.39 is 0 Å². The minimum Gasteiger partial charge on any atom is -0.493 e. The molecule has 1 aliphatic rings. The highest BCUT2D eigenvalue weighted by Gasteiger charge is 2.28. The van der Waals surface area contributed by atoms with Crippen LogP contribution in [0.15, 0.2) is 70.6 Å². The van der Waals surface area contributed by atoms with Crippen LogP contribution in [0.1, 0.15) is 22.6 Å². The molecule has 0 aliphatic carbocycles. The first-order chi connectivity index (χ1) is 11.8. The third-order valence-electron chi connectivity index (χ3n) is 4.25. The zero-order valence-corrected chi connectivity index (χ0v) is 13.7. The molecule has 24 heavy (non-hydrogen) atoms. The Kier molecular flexibility index (Phi) is 3.86. The SMILES string of the molecule is O=c1c(C(c2ccccc2)c2ccccc2)c(O)nc2n1CCS2.